The van der Waals surface area contributed by atoms with Crippen molar-refractivity contribution < 1.29 is 19.1 Å². The number of aromatic nitrogens is 1. The van der Waals surface area contributed by atoms with E-state index in [-0.39, 0.29) is 28.4 Å². The van der Waals surface area contributed by atoms with Crippen molar-refractivity contribution in [1.29, 1.82) is 0 Å². The van der Waals surface area contributed by atoms with Crippen LogP contribution in [0.3, 0.4) is 0 Å². The molecule has 0 unspecified atom stereocenters. The van der Waals surface area contributed by atoms with Crippen LogP contribution in [-0.4, -0.2) is 29.0 Å². The van der Waals surface area contributed by atoms with E-state index in [1.54, 1.807) is 34.7 Å². The number of hydrogen-bond donors (Lipinski definition) is 0. The zero-order valence-corrected chi connectivity index (χ0v) is 16.5. The molecule has 5 heteroatoms. The quantitative estimate of drug-likeness (QED) is 0.291. The molecule has 1 aliphatic rings. The van der Waals surface area contributed by atoms with E-state index in [1.165, 1.54) is 7.11 Å². The Balaban J connectivity index is 1.84. The normalized spacial score (nSPS) is 12.9. The molecular weight excluding hydrogens is 390 g/mol. The van der Waals surface area contributed by atoms with Crippen LogP contribution < -0.4 is 0 Å². The monoisotopic (exact) mass is 405 g/mol. The Morgan fingerprint density at radius 2 is 1.35 bits per heavy atom. The van der Waals surface area contributed by atoms with Gasteiger partial charge in [0.2, 0.25) is 0 Å². The molecule has 5 nitrogen and oxygen atoms in total. The first-order valence-corrected chi connectivity index (χ1v) is 9.87. The molecule has 5 aromatic rings. The first kappa shape index (κ1) is 17.6. The van der Waals surface area contributed by atoms with E-state index in [2.05, 4.69) is 0 Å². The summed E-state index contributed by atoms with van der Waals surface area (Å²) in [4.78, 5) is 39.8. The number of carbonyl (C=O) groups is 3. The second-order valence-electron chi connectivity index (χ2n) is 7.57. The smallest absolute Gasteiger partial charge is 0.355 e. The zero-order chi connectivity index (χ0) is 21.3. The number of nitrogens with zero attached hydrogens (tertiary/aromatic N) is 1. The lowest BCUT2D eigenvalue weighted by Crippen LogP contribution is -2.22. The predicted octanol–water partition coefficient (Wildman–Crippen LogP) is 4.81. The summed E-state index contributed by atoms with van der Waals surface area (Å²) in [5.74, 6) is -1.27. The minimum Gasteiger partial charge on any atom is -0.464 e. The number of ketones is 2. The van der Waals surface area contributed by atoms with Crippen molar-refractivity contribution in [3.05, 3.63) is 101 Å². The van der Waals surface area contributed by atoms with Gasteiger partial charge in [0, 0.05) is 16.5 Å². The van der Waals surface area contributed by atoms with Gasteiger partial charge in [-0.05, 0) is 22.9 Å². The van der Waals surface area contributed by atoms with Gasteiger partial charge in [0.25, 0.3) is 0 Å². The molecule has 0 amide bonds. The standard InChI is InChI=1S/C26H15NO4/c1-31-26(30)23-22-21(24(28)17-8-4-5-9-18(17)25(22)29)20-13-11-16-15-7-3-2-6-14(15)10-12-19(16)27(20)23/h2-13H,1H3. The fraction of sp³-hybridized carbons (Fsp3) is 0.0385. The van der Waals surface area contributed by atoms with Gasteiger partial charge in [-0.3, -0.25) is 9.59 Å². The summed E-state index contributed by atoms with van der Waals surface area (Å²) in [6.45, 7) is 0. The van der Waals surface area contributed by atoms with Crippen molar-refractivity contribution in [2.45, 2.75) is 0 Å². The van der Waals surface area contributed by atoms with E-state index in [0.29, 0.717) is 16.6 Å². The Labute approximate surface area is 176 Å². The number of methoxy groups -OCH3 is 1. The van der Waals surface area contributed by atoms with Crippen molar-refractivity contribution in [2.24, 2.45) is 0 Å². The van der Waals surface area contributed by atoms with Gasteiger partial charge in [-0.15, -0.1) is 0 Å². The Bertz CT molecular complexity index is 1620. The number of esters is 1. The highest BCUT2D eigenvalue weighted by atomic mass is 16.5. The average molecular weight is 405 g/mol. The minimum absolute atomic E-state index is 0.0845. The van der Waals surface area contributed by atoms with Crippen molar-refractivity contribution in [1.82, 2.24) is 4.40 Å². The third-order valence-electron chi connectivity index (χ3n) is 6.05. The molecule has 31 heavy (non-hydrogen) atoms. The van der Waals surface area contributed by atoms with Crippen LogP contribution in [0, 0.1) is 0 Å². The summed E-state index contributed by atoms with van der Waals surface area (Å²) in [7, 11) is 1.28. The highest BCUT2D eigenvalue weighted by Crippen LogP contribution is 2.37. The van der Waals surface area contributed by atoms with Gasteiger partial charge in [-0.1, -0.05) is 60.7 Å². The summed E-state index contributed by atoms with van der Waals surface area (Å²) in [5, 5.41) is 3.00. The first-order chi connectivity index (χ1) is 15.1. The van der Waals surface area contributed by atoms with Gasteiger partial charge in [0.05, 0.1) is 29.3 Å². The van der Waals surface area contributed by atoms with Gasteiger partial charge in [-0.2, -0.15) is 0 Å². The Hall–Kier alpha value is -4.25. The third kappa shape index (κ3) is 2.17. The van der Waals surface area contributed by atoms with E-state index in [4.69, 9.17) is 4.74 Å². The van der Waals surface area contributed by atoms with E-state index >= 15 is 0 Å². The Kier molecular flexibility index (Phi) is 3.48. The molecular formula is C26H15NO4. The summed E-state index contributed by atoms with van der Waals surface area (Å²) >= 11 is 0. The molecule has 0 bridgehead atoms. The molecule has 6 rings (SSSR count). The van der Waals surface area contributed by atoms with Crippen molar-refractivity contribution >= 4 is 44.7 Å². The summed E-state index contributed by atoms with van der Waals surface area (Å²) in [6, 6.07) is 22.3. The molecule has 0 atom stereocenters. The lowest BCUT2D eigenvalue weighted by molar-refractivity contribution is 0.0590. The number of fused-ring (bicyclic) bond motifs is 8. The number of benzene rings is 3. The maximum Gasteiger partial charge on any atom is 0.355 e. The fourth-order valence-electron chi connectivity index (χ4n) is 4.70. The van der Waals surface area contributed by atoms with Gasteiger partial charge < -0.3 is 9.14 Å². The van der Waals surface area contributed by atoms with Crippen LogP contribution in [0.15, 0.2) is 72.8 Å². The number of carbonyl (C=O) groups excluding carboxylic acids is 3. The van der Waals surface area contributed by atoms with Crippen LogP contribution in [0.5, 0.6) is 0 Å². The van der Waals surface area contributed by atoms with E-state index in [9.17, 15) is 14.4 Å². The highest BCUT2D eigenvalue weighted by molar-refractivity contribution is 6.33. The SMILES string of the molecule is COC(=O)c1c2c(c3ccc4c5ccccc5ccc4n13)C(=O)c1ccccc1C2=O. The third-order valence-corrected chi connectivity index (χ3v) is 6.05. The number of ether oxygens (including phenoxy) is 1. The summed E-state index contributed by atoms with van der Waals surface area (Å²) in [5.41, 5.74) is 2.34. The van der Waals surface area contributed by atoms with E-state index in [0.717, 1.165) is 21.7 Å². The summed E-state index contributed by atoms with van der Waals surface area (Å²) in [6.07, 6.45) is 0. The van der Waals surface area contributed by atoms with Crippen LogP contribution in [0.4, 0.5) is 0 Å². The molecule has 2 aromatic heterocycles. The zero-order valence-electron chi connectivity index (χ0n) is 16.5. The molecule has 0 saturated heterocycles. The van der Waals surface area contributed by atoms with Gasteiger partial charge in [0.1, 0.15) is 5.69 Å². The van der Waals surface area contributed by atoms with Crippen LogP contribution in [-0.2, 0) is 4.74 Å². The molecule has 0 saturated carbocycles. The Morgan fingerprint density at radius 1 is 0.710 bits per heavy atom. The van der Waals surface area contributed by atoms with E-state index < -0.39 is 5.97 Å². The molecule has 2 heterocycles. The molecule has 0 fully saturated rings. The largest absolute Gasteiger partial charge is 0.464 e. The molecule has 0 aliphatic heterocycles. The molecule has 148 valence electrons. The maximum atomic E-state index is 13.4. The lowest BCUT2D eigenvalue weighted by Gasteiger charge is -2.14. The highest BCUT2D eigenvalue weighted by Gasteiger charge is 2.38. The van der Waals surface area contributed by atoms with Gasteiger partial charge >= 0.3 is 5.97 Å². The second-order valence-corrected chi connectivity index (χ2v) is 7.57. The van der Waals surface area contributed by atoms with Crippen molar-refractivity contribution in [3.63, 3.8) is 0 Å². The van der Waals surface area contributed by atoms with Crippen LogP contribution in [0.25, 0.3) is 27.2 Å². The van der Waals surface area contributed by atoms with Gasteiger partial charge in [0.15, 0.2) is 11.6 Å². The molecule has 0 radical (unpaired) electrons. The minimum atomic E-state index is -0.655. The predicted molar refractivity (Wildman–Crippen MR) is 117 cm³/mol. The Morgan fingerprint density at radius 3 is 2.10 bits per heavy atom. The molecule has 0 N–H and O–H groups in total. The number of hydrogen-bond acceptors (Lipinski definition) is 4. The maximum absolute atomic E-state index is 13.4. The summed E-state index contributed by atoms with van der Waals surface area (Å²) < 4.78 is 6.75. The second kappa shape index (κ2) is 6.12. The fourth-order valence-corrected chi connectivity index (χ4v) is 4.70. The van der Waals surface area contributed by atoms with Crippen molar-refractivity contribution in [2.75, 3.05) is 7.11 Å². The van der Waals surface area contributed by atoms with Gasteiger partial charge in [-0.25, -0.2) is 4.79 Å². The first-order valence-electron chi connectivity index (χ1n) is 9.87. The average Bonchev–Trinajstić information content (AvgIpc) is 3.18. The topological polar surface area (TPSA) is 64.8 Å². The van der Waals surface area contributed by atoms with Crippen LogP contribution >= 0.6 is 0 Å². The van der Waals surface area contributed by atoms with Crippen molar-refractivity contribution in [3.8, 4) is 0 Å². The van der Waals surface area contributed by atoms with Crippen LogP contribution in [0.2, 0.25) is 0 Å². The van der Waals surface area contributed by atoms with Crippen LogP contribution in [0.1, 0.15) is 42.3 Å². The number of pyridine rings is 1. The number of rotatable bonds is 1. The molecule has 3 aromatic carbocycles. The molecule has 1 aliphatic carbocycles. The lowest BCUT2D eigenvalue weighted by atomic mass is 9.84. The van der Waals surface area contributed by atoms with E-state index in [1.807, 2.05) is 42.5 Å². The molecule has 0 spiro atoms.